The summed E-state index contributed by atoms with van der Waals surface area (Å²) >= 11 is 5.79. The van der Waals surface area contributed by atoms with Crippen molar-refractivity contribution >= 4 is 17.6 Å². The Morgan fingerprint density at radius 2 is 2.00 bits per heavy atom. The molecule has 110 valence electrons. The second kappa shape index (κ2) is 5.57. The molecule has 1 aromatic heterocycles. The third-order valence-electron chi connectivity index (χ3n) is 2.30. The van der Waals surface area contributed by atoms with Gasteiger partial charge >= 0.3 is 18.2 Å². The first-order chi connectivity index (χ1) is 9.77. The van der Waals surface area contributed by atoms with E-state index in [-0.39, 0.29) is 16.3 Å². The predicted molar refractivity (Wildman–Crippen MR) is 65.5 cm³/mol. The predicted octanol–water partition coefficient (Wildman–Crippen LogP) is 3.64. The Hall–Kier alpha value is -2.35. The van der Waals surface area contributed by atoms with E-state index in [9.17, 15) is 18.0 Å². The second-order valence-electron chi connectivity index (χ2n) is 3.77. The molecule has 0 saturated heterocycles. The van der Waals surface area contributed by atoms with E-state index < -0.39 is 23.8 Å². The average molecular weight is 319 g/mol. The first-order valence-electron chi connectivity index (χ1n) is 5.38. The zero-order chi connectivity index (χ0) is 15.6. The molecule has 9 heteroatoms. The van der Waals surface area contributed by atoms with Crippen LogP contribution in [0.1, 0.15) is 16.1 Å². The van der Waals surface area contributed by atoms with Gasteiger partial charge in [0.1, 0.15) is 5.75 Å². The number of carboxylic acid groups (broad SMARTS) is 1. The molecule has 0 saturated carbocycles. The number of alkyl halides is 3. The quantitative estimate of drug-likeness (QED) is 0.935. The number of hydrogen-bond acceptors (Lipinski definition) is 4. The standard InChI is InChI=1S/C12H6ClF3N2O3/c13-7-5-6(10(19)20)1-2-8(7)21-11-17-4-3-9(18-11)12(14,15)16/h1-5H,(H,19,20). The number of carbonyl (C=O) groups is 1. The lowest BCUT2D eigenvalue weighted by Crippen LogP contribution is -2.09. The van der Waals surface area contributed by atoms with Crippen molar-refractivity contribution in [3.05, 3.63) is 46.7 Å². The van der Waals surface area contributed by atoms with Crippen molar-refractivity contribution in [3.8, 4) is 11.8 Å². The zero-order valence-corrected chi connectivity index (χ0v) is 10.8. The van der Waals surface area contributed by atoms with Gasteiger partial charge in [0.05, 0.1) is 10.6 Å². The Labute approximate surface area is 121 Å². The molecule has 0 radical (unpaired) electrons. The monoisotopic (exact) mass is 318 g/mol. The van der Waals surface area contributed by atoms with Gasteiger partial charge in [0.25, 0.3) is 0 Å². The Balaban J connectivity index is 2.28. The van der Waals surface area contributed by atoms with Gasteiger partial charge in [-0.05, 0) is 24.3 Å². The topological polar surface area (TPSA) is 72.3 Å². The van der Waals surface area contributed by atoms with Gasteiger partial charge in [0.2, 0.25) is 0 Å². The van der Waals surface area contributed by atoms with E-state index in [1.165, 1.54) is 12.1 Å². The first kappa shape index (κ1) is 15.0. The molecular weight excluding hydrogens is 313 g/mol. The van der Waals surface area contributed by atoms with Gasteiger partial charge in [0.15, 0.2) is 5.69 Å². The zero-order valence-electron chi connectivity index (χ0n) is 10.1. The summed E-state index contributed by atoms with van der Waals surface area (Å²) in [5, 5.41) is 8.68. The van der Waals surface area contributed by atoms with Crippen molar-refractivity contribution in [2.75, 3.05) is 0 Å². The van der Waals surface area contributed by atoms with Gasteiger partial charge in [0, 0.05) is 6.20 Å². The highest BCUT2D eigenvalue weighted by atomic mass is 35.5. The van der Waals surface area contributed by atoms with Crippen LogP contribution in [0.15, 0.2) is 30.5 Å². The molecular formula is C12H6ClF3N2O3. The fraction of sp³-hybridized carbons (Fsp3) is 0.0833. The van der Waals surface area contributed by atoms with Crippen LogP contribution in [0.4, 0.5) is 13.2 Å². The fourth-order valence-corrected chi connectivity index (χ4v) is 1.58. The normalized spacial score (nSPS) is 11.2. The molecule has 1 N–H and O–H groups in total. The molecule has 0 fully saturated rings. The average Bonchev–Trinajstić information content (AvgIpc) is 2.40. The van der Waals surface area contributed by atoms with Gasteiger partial charge in [-0.15, -0.1) is 0 Å². The molecule has 0 spiro atoms. The van der Waals surface area contributed by atoms with Gasteiger partial charge in [-0.1, -0.05) is 11.6 Å². The summed E-state index contributed by atoms with van der Waals surface area (Å²) in [4.78, 5) is 17.5. The van der Waals surface area contributed by atoms with Crippen molar-refractivity contribution in [3.63, 3.8) is 0 Å². The Morgan fingerprint density at radius 3 is 2.57 bits per heavy atom. The molecule has 1 aromatic carbocycles. The van der Waals surface area contributed by atoms with Crippen molar-refractivity contribution in [1.82, 2.24) is 9.97 Å². The summed E-state index contributed by atoms with van der Waals surface area (Å²) in [5.41, 5.74) is -1.25. The van der Waals surface area contributed by atoms with Crippen molar-refractivity contribution in [1.29, 1.82) is 0 Å². The van der Waals surface area contributed by atoms with Crippen molar-refractivity contribution in [2.24, 2.45) is 0 Å². The third-order valence-corrected chi connectivity index (χ3v) is 2.60. The molecule has 2 rings (SSSR count). The lowest BCUT2D eigenvalue weighted by Gasteiger charge is -2.09. The maximum absolute atomic E-state index is 12.5. The summed E-state index contributed by atoms with van der Waals surface area (Å²) in [6.07, 6.45) is -3.73. The number of aromatic carboxylic acids is 1. The van der Waals surface area contributed by atoms with Crippen LogP contribution in [0.3, 0.4) is 0 Å². The maximum atomic E-state index is 12.5. The number of aromatic nitrogens is 2. The van der Waals surface area contributed by atoms with E-state index in [0.29, 0.717) is 6.07 Å². The van der Waals surface area contributed by atoms with Crippen LogP contribution < -0.4 is 4.74 Å². The van der Waals surface area contributed by atoms with Gasteiger partial charge in [-0.2, -0.15) is 18.2 Å². The summed E-state index contributed by atoms with van der Waals surface area (Å²) in [5.74, 6) is -1.25. The number of hydrogen-bond donors (Lipinski definition) is 1. The molecule has 5 nitrogen and oxygen atoms in total. The summed E-state index contributed by atoms with van der Waals surface area (Å²) < 4.78 is 42.5. The van der Waals surface area contributed by atoms with E-state index in [2.05, 4.69) is 9.97 Å². The Morgan fingerprint density at radius 1 is 1.29 bits per heavy atom. The van der Waals surface area contributed by atoms with E-state index in [0.717, 1.165) is 12.3 Å². The minimum absolute atomic E-state index is 0.0546. The van der Waals surface area contributed by atoms with Crippen molar-refractivity contribution < 1.29 is 27.8 Å². The van der Waals surface area contributed by atoms with E-state index in [1.807, 2.05) is 0 Å². The van der Waals surface area contributed by atoms with E-state index in [4.69, 9.17) is 21.4 Å². The molecule has 21 heavy (non-hydrogen) atoms. The summed E-state index contributed by atoms with van der Waals surface area (Å²) in [6.45, 7) is 0. The molecule has 2 aromatic rings. The van der Waals surface area contributed by atoms with Crippen LogP contribution in [-0.4, -0.2) is 21.0 Å². The first-order valence-corrected chi connectivity index (χ1v) is 5.76. The molecule has 0 unspecified atom stereocenters. The van der Waals surface area contributed by atoms with Crippen LogP contribution in [0.2, 0.25) is 5.02 Å². The molecule has 0 atom stereocenters. The van der Waals surface area contributed by atoms with Gasteiger partial charge < -0.3 is 9.84 Å². The Bertz CT molecular complexity index is 692. The fourth-order valence-electron chi connectivity index (χ4n) is 1.36. The number of nitrogens with zero attached hydrogens (tertiary/aromatic N) is 2. The number of benzene rings is 1. The minimum Gasteiger partial charge on any atom is -0.478 e. The highest BCUT2D eigenvalue weighted by molar-refractivity contribution is 6.32. The molecule has 0 bridgehead atoms. The van der Waals surface area contributed by atoms with Crippen LogP contribution in [0, 0.1) is 0 Å². The van der Waals surface area contributed by atoms with E-state index in [1.54, 1.807) is 0 Å². The van der Waals surface area contributed by atoms with Gasteiger partial charge in [-0.25, -0.2) is 9.78 Å². The van der Waals surface area contributed by atoms with Crippen LogP contribution in [0.5, 0.6) is 11.8 Å². The minimum atomic E-state index is -4.63. The molecule has 0 aliphatic carbocycles. The van der Waals surface area contributed by atoms with E-state index >= 15 is 0 Å². The smallest absolute Gasteiger partial charge is 0.433 e. The lowest BCUT2D eigenvalue weighted by atomic mass is 10.2. The maximum Gasteiger partial charge on any atom is 0.433 e. The SMILES string of the molecule is O=C(O)c1ccc(Oc2nccc(C(F)(F)F)n2)c(Cl)c1. The van der Waals surface area contributed by atoms with Crippen molar-refractivity contribution in [2.45, 2.75) is 6.18 Å². The number of ether oxygens (including phenoxy) is 1. The molecule has 0 aliphatic rings. The molecule has 0 amide bonds. The highest BCUT2D eigenvalue weighted by Crippen LogP contribution is 2.31. The summed E-state index contributed by atoms with van der Waals surface area (Å²) in [7, 11) is 0. The largest absolute Gasteiger partial charge is 0.478 e. The molecule has 1 heterocycles. The highest BCUT2D eigenvalue weighted by Gasteiger charge is 2.33. The number of carboxylic acids is 1. The van der Waals surface area contributed by atoms with Gasteiger partial charge in [-0.3, -0.25) is 0 Å². The van der Waals surface area contributed by atoms with Crippen LogP contribution in [0.25, 0.3) is 0 Å². The third kappa shape index (κ3) is 3.60. The number of rotatable bonds is 3. The Kier molecular flexibility index (Phi) is 3.99. The van der Waals surface area contributed by atoms with Crippen LogP contribution in [-0.2, 0) is 6.18 Å². The molecule has 0 aliphatic heterocycles. The lowest BCUT2D eigenvalue weighted by molar-refractivity contribution is -0.141. The van der Waals surface area contributed by atoms with Crippen LogP contribution >= 0.6 is 11.6 Å². The number of halogens is 4. The summed E-state index contributed by atoms with van der Waals surface area (Å²) in [6, 6.07) is 3.65. The second-order valence-corrected chi connectivity index (χ2v) is 4.18.